The Morgan fingerprint density at radius 1 is 1.37 bits per heavy atom. The number of rotatable bonds is 10. The van der Waals surface area contributed by atoms with E-state index in [4.69, 9.17) is 9.26 Å². The molecule has 202 valence electrons. The number of carbonyl (C=O) groups is 4. The van der Waals surface area contributed by atoms with Crippen molar-refractivity contribution in [3.63, 3.8) is 0 Å². The first-order valence-electron chi connectivity index (χ1n) is 12.6. The summed E-state index contributed by atoms with van der Waals surface area (Å²) in [6, 6.07) is 3.19. The Morgan fingerprint density at radius 3 is 2.84 bits per heavy atom. The molecule has 2 aromatic heterocycles. The first-order chi connectivity index (χ1) is 18.2. The normalized spacial score (nSPS) is 21.2. The van der Waals surface area contributed by atoms with Gasteiger partial charge in [-0.3, -0.25) is 19.0 Å². The largest absolute Gasteiger partial charge is 0.463 e. The maximum Gasteiger partial charge on any atom is 0.330 e. The smallest absolute Gasteiger partial charge is 0.330 e. The summed E-state index contributed by atoms with van der Waals surface area (Å²) in [5, 5.41) is 12.3. The van der Waals surface area contributed by atoms with Crippen molar-refractivity contribution in [1.82, 2.24) is 20.4 Å². The second kappa shape index (κ2) is 11.5. The zero-order valence-electron chi connectivity index (χ0n) is 21.3. The van der Waals surface area contributed by atoms with Crippen LogP contribution in [0.3, 0.4) is 0 Å². The van der Waals surface area contributed by atoms with Gasteiger partial charge in [0.25, 0.3) is 11.5 Å². The molecule has 0 saturated carbocycles. The van der Waals surface area contributed by atoms with Crippen molar-refractivity contribution in [2.75, 3.05) is 25.0 Å². The van der Waals surface area contributed by atoms with Crippen molar-refractivity contribution in [3.05, 3.63) is 57.9 Å². The molecule has 3 N–H and O–H groups in total. The topological polar surface area (TPSA) is 162 Å². The van der Waals surface area contributed by atoms with E-state index in [1.807, 2.05) is 0 Å². The fourth-order valence-electron chi connectivity index (χ4n) is 4.91. The van der Waals surface area contributed by atoms with Crippen LogP contribution in [0.25, 0.3) is 0 Å². The number of nitrogens with zero attached hydrogens (tertiary/aromatic N) is 2. The number of hydrogen-bond donors (Lipinski definition) is 3. The van der Waals surface area contributed by atoms with E-state index >= 15 is 0 Å². The number of aryl methyl sites for hydroxylation is 2. The number of fused-ring (bicyclic) bond motifs is 1. The molecule has 2 aliphatic heterocycles. The van der Waals surface area contributed by atoms with E-state index in [2.05, 4.69) is 21.1 Å². The third-order valence-corrected chi connectivity index (χ3v) is 6.83. The van der Waals surface area contributed by atoms with Gasteiger partial charge >= 0.3 is 5.97 Å². The van der Waals surface area contributed by atoms with Crippen LogP contribution in [0.1, 0.15) is 54.2 Å². The molecule has 3 atom stereocenters. The quantitative estimate of drug-likeness (QED) is 0.234. The summed E-state index contributed by atoms with van der Waals surface area (Å²) in [5.41, 5.74) is -0.499. The Kier molecular flexibility index (Phi) is 8.20. The molecule has 2 amide bonds. The van der Waals surface area contributed by atoms with Gasteiger partial charge in [-0.25, -0.2) is 4.79 Å². The van der Waals surface area contributed by atoms with E-state index in [0.29, 0.717) is 43.8 Å². The van der Waals surface area contributed by atoms with Crippen LogP contribution in [0.5, 0.6) is 0 Å². The first kappa shape index (κ1) is 27.0. The predicted molar refractivity (Wildman–Crippen MR) is 136 cm³/mol. The van der Waals surface area contributed by atoms with Gasteiger partial charge in [-0.1, -0.05) is 11.2 Å². The zero-order chi connectivity index (χ0) is 27.3. The van der Waals surface area contributed by atoms with Gasteiger partial charge in [0.15, 0.2) is 5.69 Å². The van der Waals surface area contributed by atoms with Crippen molar-refractivity contribution >= 4 is 29.8 Å². The average Bonchev–Trinajstić information content (AvgIpc) is 3.65. The minimum absolute atomic E-state index is 0.00907. The molecule has 1 saturated heterocycles. The molecule has 12 nitrogen and oxygen atoms in total. The van der Waals surface area contributed by atoms with Crippen LogP contribution in [-0.2, 0) is 25.5 Å². The van der Waals surface area contributed by atoms with Gasteiger partial charge in [-0.2, -0.15) is 0 Å². The molecule has 0 aromatic carbocycles. The number of amides is 2. The minimum Gasteiger partial charge on any atom is -0.463 e. The Morgan fingerprint density at radius 2 is 2.18 bits per heavy atom. The lowest BCUT2D eigenvalue weighted by Gasteiger charge is -2.27. The molecular formula is C26H31N5O7. The molecule has 1 fully saturated rings. The Bertz CT molecular complexity index is 1310. The molecule has 4 heterocycles. The van der Waals surface area contributed by atoms with Crippen molar-refractivity contribution in [3.8, 4) is 0 Å². The molecule has 38 heavy (non-hydrogen) atoms. The summed E-state index contributed by atoms with van der Waals surface area (Å²) < 4.78 is 11.2. The second-order valence-electron chi connectivity index (χ2n) is 9.58. The summed E-state index contributed by atoms with van der Waals surface area (Å²) in [7, 11) is 0. The van der Waals surface area contributed by atoms with Gasteiger partial charge in [-0.05, 0) is 58.2 Å². The SMILES string of the molecule is CCOC(=O)/C=C/[C@H](C[C@@]1(C=O)CCNC1)NC(=O)[C@@H]1CCc2ccc(NC(=O)c3cc(C)on3)c(=O)n21. The summed E-state index contributed by atoms with van der Waals surface area (Å²) in [6.07, 6.45) is 5.43. The summed E-state index contributed by atoms with van der Waals surface area (Å²) in [4.78, 5) is 63.1. The van der Waals surface area contributed by atoms with Crippen LogP contribution in [0.2, 0.25) is 0 Å². The summed E-state index contributed by atoms with van der Waals surface area (Å²) >= 11 is 0. The lowest BCUT2D eigenvalue weighted by Crippen LogP contribution is -2.44. The molecular weight excluding hydrogens is 494 g/mol. The maximum atomic E-state index is 13.4. The van der Waals surface area contributed by atoms with E-state index in [1.54, 1.807) is 19.9 Å². The number of aldehydes is 1. The molecule has 0 aliphatic carbocycles. The van der Waals surface area contributed by atoms with E-state index < -0.39 is 40.8 Å². The Labute approximate surface area is 218 Å². The number of pyridine rings is 1. The van der Waals surface area contributed by atoms with E-state index in [1.165, 1.54) is 28.9 Å². The lowest BCUT2D eigenvalue weighted by molar-refractivity contribution is -0.137. The number of esters is 1. The van der Waals surface area contributed by atoms with Crippen LogP contribution in [0.4, 0.5) is 5.69 Å². The monoisotopic (exact) mass is 525 g/mol. The van der Waals surface area contributed by atoms with Crippen LogP contribution < -0.4 is 21.5 Å². The molecule has 12 heteroatoms. The van der Waals surface area contributed by atoms with Gasteiger partial charge in [0, 0.05) is 35.8 Å². The van der Waals surface area contributed by atoms with E-state index in [-0.39, 0.29) is 24.4 Å². The summed E-state index contributed by atoms with van der Waals surface area (Å²) in [5.74, 6) is -1.13. The molecule has 2 aromatic rings. The van der Waals surface area contributed by atoms with Gasteiger partial charge in [0.2, 0.25) is 5.91 Å². The minimum atomic E-state index is -0.823. The molecule has 4 rings (SSSR count). The highest BCUT2D eigenvalue weighted by Crippen LogP contribution is 2.30. The van der Waals surface area contributed by atoms with Crippen LogP contribution in [-0.4, -0.2) is 59.5 Å². The van der Waals surface area contributed by atoms with Gasteiger partial charge in [-0.15, -0.1) is 0 Å². The second-order valence-corrected chi connectivity index (χ2v) is 9.58. The Hall–Kier alpha value is -4.06. The molecule has 0 spiro atoms. The number of aromatic nitrogens is 2. The van der Waals surface area contributed by atoms with Gasteiger partial charge < -0.3 is 30.0 Å². The number of ether oxygens (including phenoxy) is 1. The van der Waals surface area contributed by atoms with E-state index in [9.17, 15) is 24.0 Å². The first-order valence-corrected chi connectivity index (χ1v) is 12.6. The highest BCUT2D eigenvalue weighted by Gasteiger charge is 2.37. The fraction of sp³-hybridized carbons (Fsp3) is 0.462. The number of anilines is 1. The fourth-order valence-corrected chi connectivity index (χ4v) is 4.91. The van der Waals surface area contributed by atoms with Crippen molar-refractivity contribution < 1.29 is 28.4 Å². The van der Waals surface area contributed by atoms with Crippen molar-refractivity contribution in [2.24, 2.45) is 5.41 Å². The maximum absolute atomic E-state index is 13.4. The molecule has 2 aliphatic rings. The highest BCUT2D eigenvalue weighted by atomic mass is 16.5. The van der Waals surface area contributed by atoms with Crippen LogP contribution >= 0.6 is 0 Å². The van der Waals surface area contributed by atoms with Gasteiger partial charge in [0.05, 0.1) is 6.61 Å². The third-order valence-electron chi connectivity index (χ3n) is 6.83. The molecule has 0 bridgehead atoms. The lowest BCUT2D eigenvalue weighted by atomic mass is 9.82. The Balaban J connectivity index is 1.54. The summed E-state index contributed by atoms with van der Waals surface area (Å²) in [6.45, 7) is 4.69. The van der Waals surface area contributed by atoms with Crippen LogP contribution in [0, 0.1) is 12.3 Å². The van der Waals surface area contributed by atoms with Crippen LogP contribution in [0.15, 0.2) is 39.7 Å². The van der Waals surface area contributed by atoms with Crippen molar-refractivity contribution in [1.29, 1.82) is 0 Å². The number of hydrogen-bond acceptors (Lipinski definition) is 9. The standard InChI is InChI=1S/C26H31N5O7/c1-3-37-22(33)9-4-17(13-26(15-32)10-11-27-14-26)28-24(35)21-8-6-18-5-7-19(25(36)31(18)21)29-23(34)20-12-16(2)38-30-20/h4-5,7,9,12,15,17,21,27H,3,6,8,10-11,13-14H2,1-2H3,(H,28,35)(H,29,34)/b9-4+/t17-,21+,26+/m1/s1. The third kappa shape index (κ3) is 5.91. The molecule has 0 radical (unpaired) electrons. The van der Waals surface area contributed by atoms with Gasteiger partial charge in [0.1, 0.15) is 23.8 Å². The van der Waals surface area contributed by atoms with Crippen molar-refractivity contribution in [2.45, 2.75) is 51.6 Å². The zero-order valence-corrected chi connectivity index (χ0v) is 21.3. The predicted octanol–water partition coefficient (Wildman–Crippen LogP) is 1.06. The highest BCUT2D eigenvalue weighted by molar-refractivity contribution is 6.02. The number of carbonyl (C=O) groups excluding carboxylic acids is 4. The number of nitrogens with one attached hydrogen (secondary N) is 3. The average molecular weight is 526 g/mol. The molecule has 0 unspecified atom stereocenters. The van der Waals surface area contributed by atoms with E-state index in [0.717, 1.165) is 6.29 Å².